The van der Waals surface area contributed by atoms with Gasteiger partial charge in [0.25, 0.3) is 5.91 Å². The van der Waals surface area contributed by atoms with Gasteiger partial charge in [-0.15, -0.1) is 0 Å². The second-order valence-corrected chi connectivity index (χ2v) is 5.70. The average molecular weight is 373 g/mol. The largest absolute Gasteiger partial charge is 0.482 e. The zero-order chi connectivity index (χ0) is 15.4. The minimum atomic E-state index is -0.416. The first-order valence-corrected chi connectivity index (χ1v) is 7.26. The molecule has 1 N–H and O–H groups in total. The van der Waals surface area contributed by atoms with Gasteiger partial charge in [0.15, 0.2) is 6.61 Å². The summed E-state index contributed by atoms with van der Waals surface area (Å²) in [7, 11) is 0. The van der Waals surface area contributed by atoms with E-state index in [4.69, 9.17) is 16.3 Å². The smallest absolute Gasteiger partial charge is 0.262 e. The highest BCUT2D eigenvalue weighted by atomic mass is 79.9. The predicted octanol–water partition coefficient (Wildman–Crippen LogP) is 4.57. The quantitative estimate of drug-likeness (QED) is 0.854. The molecule has 2 aromatic rings. The molecule has 1 amide bonds. The Bertz CT molecular complexity index is 655. The van der Waals surface area contributed by atoms with Crippen molar-refractivity contribution in [2.75, 3.05) is 11.9 Å². The van der Waals surface area contributed by atoms with Crippen molar-refractivity contribution in [2.45, 2.75) is 6.92 Å². The van der Waals surface area contributed by atoms with E-state index in [0.29, 0.717) is 16.5 Å². The number of ether oxygens (including phenoxy) is 1. The molecule has 3 nitrogen and oxygen atoms in total. The Morgan fingerprint density at radius 3 is 2.81 bits per heavy atom. The van der Waals surface area contributed by atoms with Gasteiger partial charge in [-0.1, -0.05) is 33.6 Å². The number of carbonyl (C=O) groups is 1. The molecule has 110 valence electrons. The van der Waals surface area contributed by atoms with Crippen molar-refractivity contribution in [3.05, 3.63) is 57.3 Å². The van der Waals surface area contributed by atoms with Crippen molar-refractivity contribution in [3.8, 4) is 5.75 Å². The summed E-state index contributed by atoms with van der Waals surface area (Å²) in [5, 5.41) is 2.96. The number of rotatable bonds is 4. The van der Waals surface area contributed by atoms with Gasteiger partial charge >= 0.3 is 0 Å². The van der Waals surface area contributed by atoms with Gasteiger partial charge in [-0.2, -0.15) is 0 Å². The third kappa shape index (κ3) is 4.44. The number of carbonyl (C=O) groups excluding carboxylic acids is 1. The van der Waals surface area contributed by atoms with Crippen molar-refractivity contribution >= 4 is 39.1 Å². The Morgan fingerprint density at radius 1 is 1.38 bits per heavy atom. The molecule has 2 aromatic carbocycles. The average Bonchev–Trinajstić information content (AvgIpc) is 2.37. The summed E-state index contributed by atoms with van der Waals surface area (Å²) in [6, 6.07) is 9.17. The third-order valence-electron chi connectivity index (χ3n) is 2.65. The van der Waals surface area contributed by atoms with E-state index in [9.17, 15) is 9.18 Å². The highest BCUT2D eigenvalue weighted by molar-refractivity contribution is 9.10. The van der Waals surface area contributed by atoms with Gasteiger partial charge in [-0.25, -0.2) is 4.39 Å². The van der Waals surface area contributed by atoms with Gasteiger partial charge in [0.05, 0.1) is 5.02 Å². The van der Waals surface area contributed by atoms with Crippen LogP contribution >= 0.6 is 27.5 Å². The predicted molar refractivity (Wildman–Crippen MR) is 84.4 cm³/mol. The number of hydrogen-bond donors (Lipinski definition) is 1. The van der Waals surface area contributed by atoms with Crippen molar-refractivity contribution < 1.29 is 13.9 Å². The van der Waals surface area contributed by atoms with E-state index < -0.39 is 5.82 Å². The molecule has 0 saturated carbocycles. The summed E-state index contributed by atoms with van der Waals surface area (Å²) in [5.41, 5.74) is 1.19. The van der Waals surface area contributed by atoms with Gasteiger partial charge in [-0.05, 0) is 42.8 Å². The highest BCUT2D eigenvalue weighted by Gasteiger charge is 2.10. The van der Waals surface area contributed by atoms with E-state index in [0.717, 1.165) is 10.0 Å². The van der Waals surface area contributed by atoms with Crippen LogP contribution in [-0.4, -0.2) is 12.5 Å². The lowest BCUT2D eigenvalue weighted by atomic mass is 10.2. The molecule has 6 heteroatoms. The number of halogens is 3. The van der Waals surface area contributed by atoms with Gasteiger partial charge in [-0.3, -0.25) is 4.79 Å². The monoisotopic (exact) mass is 371 g/mol. The zero-order valence-corrected chi connectivity index (χ0v) is 13.5. The van der Waals surface area contributed by atoms with E-state index in [-0.39, 0.29) is 12.5 Å². The Labute approximate surface area is 135 Å². The Balaban J connectivity index is 1.99. The normalized spacial score (nSPS) is 10.3. The fraction of sp³-hybridized carbons (Fsp3) is 0.133. The van der Waals surface area contributed by atoms with Crippen LogP contribution in [0.4, 0.5) is 10.1 Å². The molecule has 0 atom stereocenters. The maximum atomic E-state index is 13.0. The summed E-state index contributed by atoms with van der Waals surface area (Å²) in [4.78, 5) is 11.8. The van der Waals surface area contributed by atoms with Crippen LogP contribution in [0.2, 0.25) is 5.02 Å². The van der Waals surface area contributed by atoms with E-state index in [1.807, 2.05) is 13.0 Å². The third-order valence-corrected chi connectivity index (χ3v) is 3.39. The van der Waals surface area contributed by atoms with Gasteiger partial charge in [0.1, 0.15) is 11.6 Å². The fourth-order valence-electron chi connectivity index (χ4n) is 1.77. The maximum Gasteiger partial charge on any atom is 0.262 e. The summed E-state index contributed by atoms with van der Waals surface area (Å²) in [6.07, 6.45) is 0. The lowest BCUT2D eigenvalue weighted by molar-refractivity contribution is -0.118. The summed E-state index contributed by atoms with van der Waals surface area (Å²) < 4.78 is 19.3. The second kappa shape index (κ2) is 6.91. The van der Waals surface area contributed by atoms with E-state index >= 15 is 0 Å². The molecule has 0 unspecified atom stereocenters. The molecule has 0 spiro atoms. The number of benzene rings is 2. The minimum absolute atomic E-state index is 0.210. The summed E-state index contributed by atoms with van der Waals surface area (Å²) in [6.45, 7) is 1.62. The number of amides is 1. The molecule has 0 fully saturated rings. The molecule has 0 bridgehead atoms. The van der Waals surface area contributed by atoms with Crippen LogP contribution in [0.15, 0.2) is 40.9 Å². The van der Waals surface area contributed by atoms with Crippen LogP contribution in [0.3, 0.4) is 0 Å². The Kier molecular flexibility index (Phi) is 5.20. The molecule has 21 heavy (non-hydrogen) atoms. The molecule has 0 aromatic heterocycles. The van der Waals surface area contributed by atoms with E-state index in [1.165, 1.54) is 18.2 Å². The minimum Gasteiger partial charge on any atom is -0.482 e. The van der Waals surface area contributed by atoms with Crippen LogP contribution in [0, 0.1) is 12.7 Å². The number of nitrogens with one attached hydrogen (secondary N) is 1. The molecule has 0 aliphatic carbocycles. The van der Waals surface area contributed by atoms with Crippen molar-refractivity contribution in [1.29, 1.82) is 0 Å². The van der Waals surface area contributed by atoms with Gasteiger partial charge in [0.2, 0.25) is 0 Å². The lowest BCUT2D eigenvalue weighted by Gasteiger charge is -2.11. The fourth-order valence-corrected chi connectivity index (χ4v) is 2.80. The topological polar surface area (TPSA) is 38.3 Å². The van der Waals surface area contributed by atoms with E-state index in [1.54, 1.807) is 12.1 Å². The zero-order valence-electron chi connectivity index (χ0n) is 11.1. The summed E-state index contributed by atoms with van der Waals surface area (Å²) in [5.74, 6) is -0.353. The molecular weight excluding hydrogens is 361 g/mol. The molecule has 0 aliphatic heterocycles. The van der Waals surface area contributed by atoms with E-state index in [2.05, 4.69) is 21.2 Å². The molecule has 0 heterocycles. The summed E-state index contributed by atoms with van der Waals surface area (Å²) >= 11 is 9.39. The molecule has 2 rings (SSSR count). The maximum absolute atomic E-state index is 13.0. The van der Waals surface area contributed by atoms with Crippen LogP contribution in [0.5, 0.6) is 5.75 Å². The van der Waals surface area contributed by atoms with Crippen molar-refractivity contribution in [2.24, 2.45) is 0 Å². The van der Waals surface area contributed by atoms with Gasteiger partial charge in [0, 0.05) is 10.2 Å². The SMILES string of the molecule is Cc1cc(Br)cc(Cl)c1OCC(=O)Nc1cccc(F)c1. The van der Waals surface area contributed by atoms with Crippen molar-refractivity contribution in [1.82, 2.24) is 0 Å². The molecule has 0 aliphatic rings. The van der Waals surface area contributed by atoms with Crippen LogP contribution in [0.25, 0.3) is 0 Å². The molecule has 0 saturated heterocycles. The first kappa shape index (κ1) is 15.8. The molecule has 0 radical (unpaired) electrons. The molecular formula is C15H12BrClFNO2. The number of hydrogen-bond acceptors (Lipinski definition) is 2. The van der Waals surface area contributed by atoms with Gasteiger partial charge < -0.3 is 10.1 Å². The number of anilines is 1. The Hall–Kier alpha value is -1.59. The van der Waals surface area contributed by atoms with Crippen LogP contribution in [-0.2, 0) is 4.79 Å². The van der Waals surface area contributed by atoms with Crippen molar-refractivity contribution in [3.63, 3.8) is 0 Å². The second-order valence-electron chi connectivity index (χ2n) is 4.38. The van der Waals surface area contributed by atoms with Crippen LogP contribution in [0.1, 0.15) is 5.56 Å². The first-order valence-electron chi connectivity index (χ1n) is 6.09. The highest BCUT2D eigenvalue weighted by Crippen LogP contribution is 2.31. The number of aryl methyl sites for hydroxylation is 1. The lowest BCUT2D eigenvalue weighted by Crippen LogP contribution is -2.20. The standard InChI is InChI=1S/C15H12BrClFNO2/c1-9-5-10(16)6-13(17)15(9)21-8-14(20)19-12-4-2-3-11(18)7-12/h2-7H,8H2,1H3,(H,19,20). The first-order chi connectivity index (χ1) is 9.95. The van der Waals surface area contributed by atoms with Crippen LogP contribution < -0.4 is 10.1 Å². The Morgan fingerprint density at radius 2 is 2.14 bits per heavy atom.